The normalized spacial score (nSPS) is 10.3. The summed E-state index contributed by atoms with van der Waals surface area (Å²) in [5.74, 6) is 0.652. The Hall–Kier alpha value is -0.780. The first-order chi connectivity index (χ1) is 7.15. The molecule has 6 heteroatoms. The highest BCUT2D eigenvalue weighted by atomic mass is 35.5. The van der Waals surface area contributed by atoms with Gasteiger partial charge in [0, 0.05) is 23.4 Å². The molecule has 1 rings (SSSR count). The summed E-state index contributed by atoms with van der Waals surface area (Å²) in [6.45, 7) is 0.0917. The second-order valence-corrected chi connectivity index (χ2v) is 4.37. The smallest absolute Gasteiger partial charge is 0.284 e. The first-order valence-electron chi connectivity index (χ1n) is 4.32. The number of nitrogens with zero attached hydrogens (tertiary/aromatic N) is 1. The molecule has 0 aliphatic rings. The monoisotopic (exact) mass is 247 g/mol. The van der Waals surface area contributed by atoms with E-state index in [1.807, 2.05) is 0 Å². The van der Waals surface area contributed by atoms with Crippen LogP contribution in [0.1, 0.15) is 6.42 Å². The van der Waals surface area contributed by atoms with Crippen molar-refractivity contribution in [3.8, 4) is 0 Å². The van der Waals surface area contributed by atoms with E-state index < -0.39 is 4.92 Å². The third-order valence-corrected chi connectivity index (χ3v) is 3.06. The highest BCUT2D eigenvalue weighted by Crippen LogP contribution is 2.31. The van der Waals surface area contributed by atoms with Crippen LogP contribution in [0.3, 0.4) is 0 Å². The highest BCUT2D eigenvalue weighted by Gasteiger charge is 2.14. The lowest BCUT2D eigenvalue weighted by Gasteiger charge is -2.02. The molecule has 0 aromatic heterocycles. The molecule has 0 amide bonds. The number of hydrogen-bond donors (Lipinski definition) is 1. The van der Waals surface area contributed by atoms with Crippen molar-refractivity contribution in [1.82, 2.24) is 0 Å². The molecule has 0 spiro atoms. The van der Waals surface area contributed by atoms with E-state index in [1.165, 1.54) is 17.8 Å². The molecule has 0 heterocycles. The Labute approximate surface area is 96.4 Å². The van der Waals surface area contributed by atoms with E-state index in [4.69, 9.17) is 16.7 Å². The molecule has 15 heavy (non-hydrogen) atoms. The van der Waals surface area contributed by atoms with Crippen LogP contribution >= 0.6 is 23.4 Å². The average molecular weight is 248 g/mol. The van der Waals surface area contributed by atoms with E-state index >= 15 is 0 Å². The summed E-state index contributed by atoms with van der Waals surface area (Å²) in [7, 11) is 0. The van der Waals surface area contributed by atoms with Gasteiger partial charge in [-0.1, -0.05) is 11.6 Å². The van der Waals surface area contributed by atoms with Gasteiger partial charge in [-0.15, -0.1) is 11.8 Å². The molecule has 0 radical (unpaired) electrons. The van der Waals surface area contributed by atoms with Crippen molar-refractivity contribution < 1.29 is 10.0 Å². The minimum absolute atomic E-state index is 0.0189. The fourth-order valence-electron chi connectivity index (χ4n) is 1.00. The Bertz CT molecular complexity index is 359. The number of nitro groups is 1. The van der Waals surface area contributed by atoms with E-state index in [-0.39, 0.29) is 12.3 Å². The van der Waals surface area contributed by atoms with Crippen molar-refractivity contribution in [1.29, 1.82) is 0 Å². The Balaban J connectivity index is 2.81. The second kappa shape index (κ2) is 5.95. The molecule has 0 saturated carbocycles. The molecule has 0 fully saturated rings. The van der Waals surface area contributed by atoms with Crippen molar-refractivity contribution >= 4 is 29.1 Å². The lowest BCUT2D eigenvalue weighted by molar-refractivity contribution is -0.387. The molecule has 1 aromatic rings. The van der Waals surface area contributed by atoms with Gasteiger partial charge in [0.05, 0.1) is 9.82 Å². The van der Waals surface area contributed by atoms with Crippen molar-refractivity contribution in [2.45, 2.75) is 11.3 Å². The number of benzene rings is 1. The Kier molecular flexibility index (Phi) is 4.87. The number of hydrogen-bond acceptors (Lipinski definition) is 4. The predicted octanol–water partition coefficient (Wildman–Crippen LogP) is 2.72. The van der Waals surface area contributed by atoms with Crippen LogP contribution < -0.4 is 0 Å². The van der Waals surface area contributed by atoms with Gasteiger partial charge in [-0.25, -0.2) is 0 Å². The van der Waals surface area contributed by atoms with Gasteiger partial charge in [0.15, 0.2) is 0 Å². The minimum atomic E-state index is -0.451. The van der Waals surface area contributed by atoms with Crippen molar-refractivity contribution in [3.05, 3.63) is 33.3 Å². The standard InChI is InChI=1S/C9H10ClNO3S/c10-7-2-3-9(15-5-1-4-12)8(6-7)11(13)14/h2-3,6,12H,1,4-5H2. The van der Waals surface area contributed by atoms with Gasteiger partial charge < -0.3 is 5.11 Å². The highest BCUT2D eigenvalue weighted by molar-refractivity contribution is 7.99. The fourth-order valence-corrected chi connectivity index (χ4v) is 2.11. The molecule has 0 bridgehead atoms. The lowest BCUT2D eigenvalue weighted by atomic mass is 10.3. The average Bonchev–Trinajstić information content (AvgIpc) is 2.20. The number of halogens is 1. The summed E-state index contributed by atoms with van der Waals surface area (Å²) in [5.41, 5.74) is 0.0189. The van der Waals surface area contributed by atoms with Crippen LogP contribution in [-0.2, 0) is 0 Å². The van der Waals surface area contributed by atoms with E-state index in [1.54, 1.807) is 12.1 Å². The van der Waals surface area contributed by atoms with Crippen LogP contribution in [-0.4, -0.2) is 22.4 Å². The number of aliphatic hydroxyl groups is 1. The summed E-state index contributed by atoms with van der Waals surface area (Å²) < 4.78 is 0. The third kappa shape index (κ3) is 3.70. The second-order valence-electron chi connectivity index (χ2n) is 2.79. The maximum Gasteiger partial charge on any atom is 0.284 e. The molecule has 0 aliphatic heterocycles. The number of thioether (sulfide) groups is 1. The van der Waals surface area contributed by atoms with E-state index in [0.29, 0.717) is 22.1 Å². The summed E-state index contributed by atoms with van der Waals surface area (Å²) >= 11 is 7.02. The molecular formula is C9H10ClNO3S. The zero-order chi connectivity index (χ0) is 11.3. The van der Waals surface area contributed by atoms with E-state index in [0.717, 1.165) is 0 Å². The van der Waals surface area contributed by atoms with Crippen LogP contribution in [0.4, 0.5) is 5.69 Å². The summed E-state index contributed by atoms with van der Waals surface area (Å²) in [6, 6.07) is 4.58. The van der Waals surface area contributed by atoms with Gasteiger partial charge in [0.1, 0.15) is 0 Å². The van der Waals surface area contributed by atoms with Crippen molar-refractivity contribution in [2.75, 3.05) is 12.4 Å². The quantitative estimate of drug-likeness (QED) is 0.376. The van der Waals surface area contributed by atoms with E-state index in [2.05, 4.69) is 0 Å². The molecule has 0 atom stereocenters. The van der Waals surface area contributed by atoms with E-state index in [9.17, 15) is 10.1 Å². The molecule has 4 nitrogen and oxygen atoms in total. The SMILES string of the molecule is O=[N+]([O-])c1cc(Cl)ccc1SCCCO. The van der Waals surface area contributed by atoms with Gasteiger partial charge in [0.25, 0.3) is 5.69 Å². The van der Waals surface area contributed by atoms with Crippen molar-refractivity contribution in [3.63, 3.8) is 0 Å². The van der Waals surface area contributed by atoms with Gasteiger partial charge in [-0.2, -0.15) is 0 Å². The molecule has 1 N–H and O–H groups in total. The largest absolute Gasteiger partial charge is 0.396 e. The first kappa shape index (κ1) is 12.3. The zero-order valence-corrected chi connectivity index (χ0v) is 9.42. The van der Waals surface area contributed by atoms with Gasteiger partial charge in [-0.3, -0.25) is 10.1 Å². The molecular weight excluding hydrogens is 238 g/mol. The Morgan fingerprint density at radius 2 is 2.27 bits per heavy atom. The minimum Gasteiger partial charge on any atom is -0.396 e. The lowest BCUT2D eigenvalue weighted by Crippen LogP contribution is -1.92. The summed E-state index contributed by atoms with van der Waals surface area (Å²) in [4.78, 5) is 10.8. The maximum absolute atomic E-state index is 10.7. The van der Waals surface area contributed by atoms with Crippen LogP contribution in [0.25, 0.3) is 0 Å². The van der Waals surface area contributed by atoms with Gasteiger partial charge in [-0.05, 0) is 18.6 Å². The molecule has 0 saturated heterocycles. The number of nitro benzene ring substituents is 1. The molecule has 1 aromatic carbocycles. The molecule has 0 aliphatic carbocycles. The van der Waals surface area contributed by atoms with Crippen LogP contribution in [0, 0.1) is 10.1 Å². The molecule has 0 unspecified atom stereocenters. The summed E-state index contributed by atoms with van der Waals surface area (Å²) in [5, 5.41) is 19.6. The number of rotatable bonds is 5. The maximum atomic E-state index is 10.7. The van der Waals surface area contributed by atoms with Gasteiger partial charge >= 0.3 is 0 Å². The van der Waals surface area contributed by atoms with Crippen LogP contribution in [0.15, 0.2) is 23.1 Å². The number of aliphatic hydroxyl groups excluding tert-OH is 1. The first-order valence-corrected chi connectivity index (χ1v) is 5.69. The van der Waals surface area contributed by atoms with Crippen LogP contribution in [0.5, 0.6) is 0 Å². The van der Waals surface area contributed by atoms with Crippen molar-refractivity contribution in [2.24, 2.45) is 0 Å². The zero-order valence-electron chi connectivity index (χ0n) is 7.85. The van der Waals surface area contributed by atoms with Gasteiger partial charge in [0.2, 0.25) is 0 Å². The Morgan fingerprint density at radius 1 is 1.53 bits per heavy atom. The topological polar surface area (TPSA) is 63.4 Å². The summed E-state index contributed by atoms with van der Waals surface area (Å²) in [6.07, 6.45) is 0.616. The Morgan fingerprint density at radius 3 is 2.87 bits per heavy atom. The van der Waals surface area contributed by atoms with Crippen LogP contribution in [0.2, 0.25) is 5.02 Å². The third-order valence-electron chi connectivity index (χ3n) is 1.68. The predicted molar refractivity (Wildman–Crippen MR) is 60.5 cm³/mol. The fraction of sp³-hybridized carbons (Fsp3) is 0.333. The molecule has 82 valence electrons.